The Hall–Kier alpha value is -1.71. The van der Waals surface area contributed by atoms with E-state index in [1.54, 1.807) is 6.08 Å². The molecule has 1 heterocycles. The fourth-order valence-corrected chi connectivity index (χ4v) is 1.22. The molecule has 0 aliphatic rings. The highest BCUT2D eigenvalue weighted by atomic mass is 16.4. The summed E-state index contributed by atoms with van der Waals surface area (Å²) in [7, 11) is 0. The van der Waals surface area contributed by atoms with Crippen molar-refractivity contribution in [1.29, 1.82) is 0 Å². The lowest BCUT2D eigenvalue weighted by Crippen LogP contribution is -2.00. The first-order valence-electron chi connectivity index (χ1n) is 4.94. The summed E-state index contributed by atoms with van der Waals surface area (Å²) in [6, 6.07) is 0. The Bertz CT molecular complexity index is 347. The Kier molecular flexibility index (Phi) is 4.47. The molecule has 4 nitrogen and oxygen atoms in total. The number of aromatic nitrogens is 2. The van der Waals surface area contributed by atoms with Gasteiger partial charge in [-0.1, -0.05) is 25.8 Å². The Morgan fingerprint density at radius 2 is 2.13 bits per heavy atom. The molecule has 0 aliphatic carbocycles. The minimum Gasteiger partial charge on any atom is -0.478 e. The number of carbonyl (C=O) groups is 1. The monoisotopic (exact) mass is 206 g/mol. The molecule has 1 N–H and O–H groups in total. The van der Waals surface area contributed by atoms with Crippen molar-refractivity contribution in [2.75, 3.05) is 0 Å². The standard InChI is InChI=1S/C11H14N2O2/c1-2-3-4-5-10(11(14)15)9-6-12-8-13-7-9/h5-8H,2-4H2,1H3,(H,14,15). The Morgan fingerprint density at radius 1 is 1.47 bits per heavy atom. The van der Waals surface area contributed by atoms with E-state index in [0.717, 1.165) is 19.3 Å². The smallest absolute Gasteiger partial charge is 0.336 e. The lowest BCUT2D eigenvalue weighted by Gasteiger charge is -2.00. The lowest BCUT2D eigenvalue weighted by atomic mass is 10.1. The summed E-state index contributed by atoms with van der Waals surface area (Å²) in [6.07, 6.45) is 8.95. The van der Waals surface area contributed by atoms with Crippen molar-refractivity contribution < 1.29 is 9.90 Å². The summed E-state index contributed by atoms with van der Waals surface area (Å²) < 4.78 is 0. The highest BCUT2D eigenvalue weighted by molar-refractivity contribution is 6.15. The van der Waals surface area contributed by atoms with E-state index < -0.39 is 5.97 Å². The van der Waals surface area contributed by atoms with Gasteiger partial charge < -0.3 is 5.11 Å². The maximum absolute atomic E-state index is 11.0. The summed E-state index contributed by atoms with van der Waals surface area (Å²) in [5.41, 5.74) is 0.838. The summed E-state index contributed by atoms with van der Waals surface area (Å²) in [4.78, 5) is 18.6. The normalized spacial score (nSPS) is 11.4. The molecular formula is C11H14N2O2. The summed E-state index contributed by atoms with van der Waals surface area (Å²) >= 11 is 0. The largest absolute Gasteiger partial charge is 0.478 e. The van der Waals surface area contributed by atoms with E-state index >= 15 is 0 Å². The van der Waals surface area contributed by atoms with Gasteiger partial charge in [-0.05, 0) is 6.42 Å². The first-order valence-corrected chi connectivity index (χ1v) is 4.94. The van der Waals surface area contributed by atoms with Crippen LogP contribution in [0.4, 0.5) is 0 Å². The van der Waals surface area contributed by atoms with Crippen LogP contribution in [0.1, 0.15) is 31.7 Å². The van der Waals surface area contributed by atoms with Crippen LogP contribution in [-0.4, -0.2) is 21.0 Å². The molecule has 0 bridgehead atoms. The number of carboxylic acids is 1. The zero-order valence-electron chi connectivity index (χ0n) is 8.68. The maximum Gasteiger partial charge on any atom is 0.336 e. The van der Waals surface area contributed by atoms with Gasteiger partial charge in [-0.25, -0.2) is 14.8 Å². The number of allylic oxidation sites excluding steroid dienone is 1. The van der Waals surface area contributed by atoms with Gasteiger partial charge in [-0.15, -0.1) is 0 Å². The van der Waals surface area contributed by atoms with Crippen LogP contribution in [0.25, 0.3) is 5.57 Å². The van der Waals surface area contributed by atoms with Gasteiger partial charge in [0.05, 0.1) is 5.57 Å². The maximum atomic E-state index is 11.0. The van der Waals surface area contributed by atoms with Crippen LogP contribution in [0.15, 0.2) is 24.8 Å². The van der Waals surface area contributed by atoms with E-state index in [-0.39, 0.29) is 5.57 Å². The van der Waals surface area contributed by atoms with E-state index in [2.05, 4.69) is 16.9 Å². The zero-order chi connectivity index (χ0) is 11.1. The third kappa shape index (κ3) is 3.50. The second-order valence-electron chi connectivity index (χ2n) is 3.19. The van der Waals surface area contributed by atoms with E-state index in [0.29, 0.717) is 5.56 Å². The van der Waals surface area contributed by atoms with Crippen LogP contribution in [0, 0.1) is 0 Å². The second-order valence-corrected chi connectivity index (χ2v) is 3.19. The number of unbranched alkanes of at least 4 members (excludes halogenated alkanes) is 2. The quantitative estimate of drug-likeness (QED) is 0.592. The van der Waals surface area contributed by atoms with Crippen molar-refractivity contribution in [3.05, 3.63) is 30.4 Å². The highest BCUT2D eigenvalue weighted by Crippen LogP contribution is 2.14. The molecule has 0 saturated heterocycles. The molecule has 0 radical (unpaired) electrons. The van der Waals surface area contributed by atoms with Crippen molar-refractivity contribution >= 4 is 11.5 Å². The number of hydrogen-bond donors (Lipinski definition) is 1. The topological polar surface area (TPSA) is 63.1 Å². The van der Waals surface area contributed by atoms with E-state index in [4.69, 9.17) is 5.11 Å². The van der Waals surface area contributed by atoms with Crippen LogP contribution in [-0.2, 0) is 4.79 Å². The molecule has 0 saturated carbocycles. The number of carboxylic acid groups (broad SMARTS) is 1. The van der Waals surface area contributed by atoms with Crippen LogP contribution in [0.5, 0.6) is 0 Å². The zero-order valence-corrected chi connectivity index (χ0v) is 8.68. The third-order valence-electron chi connectivity index (χ3n) is 2.01. The number of rotatable bonds is 5. The third-order valence-corrected chi connectivity index (χ3v) is 2.01. The molecule has 0 fully saturated rings. The Balaban J connectivity index is 2.84. The Labute approximate surface area is 88.7 Å². The SMILES string of the molecule is CCCCC=C(C(=O)O)c1cncnc1. The van der Waals surface area contributed by atoms with E-state index in [9.17, 15) is 4.79 Å². The van der Waals surface area contributed by atoms with Gasteiger partial charge in [-0.2, -0.15) is 0 Å². The molecule has 1 aromatic heterocycles. The van der Waals surface area contributed by atoms with Gasteiger partial charge in [0.1, 0.15) is 6.33 Å². The highest BCUT2D eigenvalue weighted by Gasteiger charge is 2.09. The van der Waals surface area contributed by atoms with Crippen LogP contribution in [0.3, 0.4) is 0 Å². The number of nitrogens with zero attached hydrogens (tertiary/aromatic N) is 2. The molecule has 0 atom stereocenters. The molecule has 0 spiro atoms. The first-order chi connectivity index (χ1) is 7.25. The Morgan fingerprint density at radius 3 is 2.67 bits per heavy atom. The molecule has 1 rings (SSSR count). The lowest BCUT2D eigenvalue weighted by molar-refractivity contribution is -0.130. The molecule has 0 aromatic carbocycles. The van der Waals surface area contributed by atoms with Gasteiger partial charge in [0.2, 0.25) is 0 Å². The fraction of sp³-hybridized carbons (Fsp3) is 0.364. The van der Waals surface area contributed by atoms with Crippen molar-refractivity contribution in [3.8, 4) is 0 Å². The van der Waals surface area contributed by atoms with Gasteiger partial charge in [0.25, 0.3) is 0 Å². The van der Waals surface area contributed by atoms with Gasteiger partial charge in [-0.3, -0.25) is 0 Å². The molecule has 15 heavy (non-hydrogen) atoms. The van der Waals surface area contributed by atoms with Crippen molar-refractivity contribution in [2.24, 2.45) is 0 Å². The van der Waals surface area contributed by atoms with Crippen LogP contribution < -0.4 is 0 Å². The van der Waals surface area contributed by atoms with Gasteiger partial charge in [0.15, 0.2) is 0 Å². The average molecular weight is 206 g/mol. The molecule has 80 valence electrons. The molecule has 0 amide bonds. The first kappa shape index (κ1) is 11.4. The average Bonchev–Trinajstić information content (AvgIpc) is 2.25. The number of hydrogen-bond acceptors (Lipinski definition) is 3. The van der Waals surface area contributed by atoms with Crippen LogP contribution in [0.2, 0.25) is 0 Å². The number of aliphatic carboxylic acids is 1. The van der Waals surface area contributed by atoms with Crippen LogP contribution >= 0.6 is 0 Å². The van der Waals surface area contributed by atoms with Gasteiger partial charge in [0, 0.05) is 18.0 Å². The van der Waals surface area contributed by atoms with Crippen molar-refractivity contribution in [2.45, 2.75) is 26.2 Å². The van der Waals surface area contributed by atoms with E-state index in [1.807, 2.05) is 0 Å². The molecule has 0 aliphatic heterocycles. The predicted molar refractivity (Wildman–Crippen MR) is 57.2 cm³/mol. The van der Waals surface area contributed by atoms with Crippen molar-refractivity contribution in [3.63, 3.8) is 0 Å². The predicted octanol–water partition coefficient (Wildman–Crippen LogP) is 2.13. The van der Waals surface area contributed by atoms with Gasteiger partial charge >= 0.3 is 5.97 Å². The fourth-order valence-electron chi connectivity index (χ4n) is 1.22. The minimum atomic E-state index is -0.930. The summed E-state index contributed by atoms with van der Waals surface area (Å²) in [6.45, 7) is 2.07. The van der Waals surface area contributed by atoms with Crippen molar-refractivity contribution in [1.82, 2.24) is 9.97 Å². The summed E-state index contributed by atoms with van der Waals surface area (Å²) in [5.74, 6) is -0.930. The second kappa shape index (κ2) is 5.90. The minimum absolute atomic E-state index is 0.282. The molecule has 1 aromatic rings. The molecule has 0 unspecified atom stereocenters. The summed E-state index contributed by atoms with van der Waals surface area (Å²) in [5, 5.41) is 9.00. The molecular weight excluding hydrogens is 192 g/mol. The molecule has 4 heteroatoms. The van der Waals surface area contributed by atoms with E-state index in [1.165, 1.54) is 18.7 Å².